The average molecular weight is 225 g/mol. The van der Waals surface area contributed by atoms with Gasteiger partial charge >= 0.3 is 6.09 Å². The number of rotatable bonds is 0. The molecule has 90 valence electrons. The van der Waals surface area contributed by atoms with Gasteiger partial charge in [0.25, 0.3) is 0 Å². The van der Waals surface area contributed by atoms with Crippen LogP contribution in [0.3, 0.4) is 0 Å². The number of carbonyl (C=O) groups excluding carboxylic acids is 1. The summed E-state index contributed by atoms with van der Waals surface area (Å²) < 4.78 is 5.22. The Morgan fingerprint density at radius 1 is 1.56 bits per heavy atom. The molecule has 1 saturated heterocycles. The van der Waals surface area contributed by atoms with Crippen molar-refractivity contribution < 1.29 is 14.6 Å². The lowest BCUT2D eigenvalue weighted by Gasteiger charge is -2.36. The third-order valence-corrected chi connectivity index (χ3v) is 2.39. The minimum atomic E-state index is -1.20. The highest BCUT2D eigenvalue weighted by Gasteiger charge is 2.35. The Morgan fingerprint density at radius 3 is 2.69 bits per heavy atom. The molecule has 1 fully saturated rings. The van der Waals surface area contributed by atoms with Gasteiger partial charge in [-0.15, -0.1) is 6.42 Å². The molecule has 1 aliphatic heterocycles. The highest BCUT2D eigenvalue weighted by atomic mass is 16.6. The van der Waals surface area contributed by atoms with E-state index in [2.05, 4.69) is 5.92 Å². The Bertz CT molecular complexity index is 313. The molecule has 1 N–H and O–H groups in total. The smallest absolute Gasteiger partial charge is 0.410 e. The Labute approximate surface area is 96.6 Å². The number of amides is 1. The quantitative estimate of drug-likeness (QED) is 0.634. The predicted octanol–water partition coefficient (Wildman–Crippen LogP) is 1.38. The van der Waals surface area contributed by atoms with E-state index in [0.29, 0.717) is 19.4 Å². The van der Waals surface area contributed by atoms with Crippen molar-refractivity contribution in [1.82, 2.24) is 4.90 Å². The van der Waals surface area contributed by atoms with Gasteiger partial charge in [-0.25, -0.2) is 4.79 Å². The van der Waals surface area contributed by atoms with Crippen LogP contribution < -0.4 is 0 Å². The van der Waals surface area contributed by atoms with Crippen molar-refractivity contribution >= 4 is 6.09 Å². The number of β-amino-alcohol motifs (C(OH)–C–C–N with tert-alkyl or cyclic N) is 1. The van der Waals surface area contributed by atoms with Gasteiger partial charge in [0.2, 0.25) is 0 Å². The fraction of sp³-hybridized carbons (Fsp3) is 0.750. The van der Waals surface area contributed by atoms with E-state index in [-0.39, 0.29) is 6.54 Å². The lowest BCUT2D eigenvalue weighted by molar-refractivity contribution is -0.0152. The Kier molecular flexibility index (Phi) is 3.49. The molecule has 0 aliphatic carbocycles. The van der Waals surface area contributed by atoms with Crippen LogP contribution in [0.4, 0.5) is 4.79 Å². The molecular weight excluding hydrogens is 206 g/mol. The van der Waals surface area contributed by atoms with Crippen LogP contribution >= 0.6 is 0 Å². The topological polar surface area (TPSA) is 49.8 Å². The summed E-state index contributed by atoms with van der Waals surface area (Å²) in [5.74, 6) is 2.33. The van der Waals surface area contributed by atoms with E-state index in [4.69, 9.17) is 11.2 Å². The maximum Gasteiger partial charge on any atom is 0.410 e. The summed E-state index contributed by atoms with van der Waals surface area (Å²) in [6.07, 6.45) is 6.06. The second kappa shape index (κ2) is 4.34. The molecular formula is C12H19NO3. The first kappa shape index (κ1) is 12.9. The molecule has 1 heterocycles. The zero-order valence-electron chi connectivity index (χ0n) is 10.1. The van der Waals surface area contributed by atoms with E-state index in [1.165, 1.54) is 4.90 Å². The van der Waals surface area contributed by atoms with Gasteiger partial charge in [0.05, 0.1) is 6.54 Å². The molecule has 1 amide bonds. The van der Waals surface area contributed by atoms with E-state index in [1.807, 2.05) is 20.8 Å². The van der Waals surface area contributed by atoms with Gasteiger partial charge in [0.1, 0.15) is 11.2 Å². The normalized spacial score (nSPS) is 26.1. The first-order valence-corrected chi connectivity index (χ1v) is 5.44. The summed E-state index contributed by atoms with van der Waals surface area (Å²) >= 11 is 0. The van der Waals surface area contributed by atoms with E-state index in [9.17, 15) is 9.90 Å². The standard InChI is InChI=1S/C12H19NO3/c1-5-12(15)7-6-8-13(9-12)10(14)16-11(2,3)4/h1,15H,6-9H2,2-4H3/t12-/m0/s1. The van der Waals surface area contributed by atoms with E-state index >= 15 is 0 Å². The van der Waals surface area contributed by atoms with E-state index in [1.54, 1.807) is 0 Å². The lowest BCUT2D eigenvalue weighted by Crippen LogP contribution is -2.50. The third kappa shape index (κ3) is 3.42. The summed E-state index contributed by atoms with van der Waals surface area (Å²) in [4.78, 5) is 13.2. The van der Waals surface area contributed by atoms with Gasteiger partial charge in [0.15, 0.2) is 0 Å². The summed E-state index contributed by atoms with van der Waals surface area (Å²) in [6, 6.07) is 0. The first-order chi connectivity index (χ1) is 7.26. The first-order valence-electron chi connectivity index (χ1n) is 5.44. The molecule has 0 radical (unpaired) electrons. The average Bonchev–Trinajstić information content (AvgIpc) is 2.15. The largest absolute Gasteiger partial charge is 0.444 e. The summed E-state index contributed by atoms with van der Waals surface area (Å²) in [7, 11) is 0. The SMILES string of the molecule is C#C[C@]1(O)CCCN(C(=O)OC(C)(C)C)C1. The van der Waals surface area contributed by atoms with Crippen molar-refractivity contribution in [1.29, 1.82) is 0 Å². The number of likely N-dealkylation sites (tertiary alicyclic amines) is 1. The number of piperidine rings is 1. The molecule has 16 heavy (non-hydrogen) atoms. The van der Waals surface area contributed by atoms with Crippen LogP contribution in [-0.2, 0) is 4.74 Å². The maximum atomic E-state index is 11.7. The zero-order chi connectivity index (χ0) is 12.4. The van der Waals surface area contributed by atoms with Crippen LogP contribution in [0.5, 0.6) is 0 Å². The molecule has 0 aromatic carbocycles. The minimum Gasteiger partial charge on any atom is -0.444 e. The molecule has 1 atom stereocenters. The number of aliphatic hydroxyl groups is 1. The molecule has 4 heteroatoms. The van der Waals surface area contributed by atoms with Gasteiger partial charge in [-0.2, -0.15) is 0 Å². The van der Waals surface area contributed by atoms with Crippen LogP contribution in [-0.4, -0.2) is 40.4 Å². The van der Waals surface area contributed by atoms with E-state index in [0.717, 1.165) is 0 Å². The number of carbonyl (C=O) groups is 1. The highest BCUT2D eigenvalue weighted by Crippen LogP contribution is 2.22. The molecule has 4 nitrogen and oxygen atoms in total. The second-order valence-corrected chi connectivity index (χ2v) is 5.18. The monoisotopic (exact) mass is 225 g/mol. The van der Waals surface area contributed by atoms with Crippen LogP contribution in [0.25, 0.3) is 0 Å². The Morgan fingerprint density at radius 2 is 2.19 bits per heavy atom. The van der Waals surface area contributed by atoms with Crippen LogP contribution in [0.2, 0.25) is 0 Å². The Balaban J connectivity index is 2.62. The van der Waals surface area contributed by atoms with Crippen molar-refractivity contribution in [2.24, 2.45) is 0 Å². The molecule has 1 rings (SSSR count). The van der Waals surface area contributed by atoms with Crippen molar-refractivity contribution in [3.05, 3.63) is 0 Å². The van der Waals surface area contributed by atoms with Gasteiger partial charge in [-0.1, -0.05) is 5.92 Å². The lowest BCUT2D eigenvalue weighted by atomic mass is 9.94. The van der Waals surface area contributed by atoms with Crippen LogP contribution in [0.15, 0.2) is 0 Å². The van der Waals surface area contributed by atoms with Gasteiger partial charge < -0.3 is 14.7 Å². The molecule has 0 bridgehead atoms. The molecule has 0 saturated carbocycles. The summed E-state index contributed by atoms with van der Waals surface area (Å²) in [5.41, 5.74) is -1.72. The number of ether oxygens (including phenoxy) is 1. The molecule has 0 aromatic heterocycles. The van der Waals surface area contributed by atoms with Crippen LogP contribution in [0, 0.1) is 12.3 Å². The second-order valence-electron chi connectivity index (χ2n) is 5.18. The maximum absolute atomic E-state index is 11.7. The minimum absolute atomic E-state index is 0.151. The summed E-state index contributed by atoms with van der Waals surface area (Å²) in [6.45, 7) is 6.16. The van der Waals surface area contributed by atoms with E-state index < -0.39 is 17.3 Å². The van der Waals surface area contributed by atoms with Crippen molar-refractivity contribution in [2.45, 2.75) is 44.8 Å². The summed E-state index contributed by atoms with van der Waals surface area (Å²) in [5, 5.41) is 9.91. The predicted molar refractivity (Wildman–Crippen MR) is 60.8 cm³/mol. The molecule has 0 spiro atoms. The third-order valence-electron chi connectivity index (χ3n) is 2.39. The number of nitrogens with zero attached hydrogens (tertiary/aromatic N) is 1. The number of hydrogen-bond donors (Lipinski definition) is 1. The van der Waals surface area contributed by atoms with Crippen molar-refractivity contribution in [3.63, 3.8) is 0 Å². The van der Waals surface area contributed by atoms with Gasteiger partial charge in [0, 0.05) is 6.54 Å². The highest BCUT2D eigenvalue weighted by molar-refractivity contribution is 5.68. The molecule has 0 unspecified atom stereocenters. The fourth-order valence-corrected chi connectivity index (χ4v) is 1.64. The zero-order valence-corrected chi connectivity index (χ0v) is 10.1. The Hall–Kier alpha value is -1.21. The van der Waals surface area contributed by atoms with Crippen molar-refractivity contribution in [3.8, 4) is 12.3 Å². The van der Waals surface area contributed by atoms with Gasteiger partial charge in [-0.3, -0.25) is 0 Å². The molecule has 1 aliphatic rings. The van der Waals surface area contributed by atoms with Crippen LogP contribution in [0.1, 0.15) is 33.6 Å². The number of terminal acetylenes is 1. The fourth-order valence-electron chi connectivity index (χ4n) is 1.64. The number of hydrogen-bond acceptors (Lipinski definition) is 3. The van der Waals surface area contributed by atoms with Crippen molar-refractivity contribution in [2.75, 3.05) is 13.1 Å². The molecule has 0 aromatic rings. The van der Waals surface area contributed by atoms with Gasteiger partial charge in [-0.05, 0) is 33.6 Å².